The highest BCUT2D eigenvalue weighted by Crippen LogP contribution is 2.55. The van der Waals surface area contributed by atoms with Crippen LogP contribution in [0.5, 0.6) is 0 Å². The second-order valence-electron chi connectivity index (χ2n) is 13.6. The first kappa shape index (κ1) is 14.2. The molecule has 0 amide bonds. The zero-order valence-electron chi connectivity index (χ0n) is 61.8. The zero-order valence-corrected chi connectivity index (χ0v) is 29.8. The third-order valence-corrected chi connectivity index (χ3v) is 10.2. The summed E-state index contributed by atoms with van der Waals surface area (Å²) in [4.78, 5) is 0.564. The van der Waals surface area contributed by atoms with Crippen LogP contribution in [0.3, 0.4) is 0 Å². The summed E-state index contributed by atoms with van der Waals surface area (Å²) in [6.45, 7) is 2.82. The lowest BCUT2D eigenvalue weighted by Crippen LogP contribution is -2.16. The first-order valence-electron chi connectivity index (χ1n) is 33.5. The fraction of sp³-hybridized carbons (Fsp3) is 0.0545. The zero-order chi connectivity index (χ0) is 66.4. The number of aromatic nitrogens is 1. The second kappa shape index (κ2) is 12.3. The molecule has 58 heavy (non-hydrogen) atoms. The first-order chi connectivity index (χ1) is 41.9. The molecule has 0 fully saturated rings. The number of benzene rings is 9. The molecule has 1 aliphatic carbocycles. The summed E-state index contributed by atoms with van der Waals surface area (Å²) in [5.41, 5.74) is -12.4. The van der Waals surface area contributed by atoms with Crippen molar-refractivity contribution in [1.29, 1.82) is 0 Å². The molecule has 2 aromatic heterocycles. The summed E-state index contributed by atoms with van der Waals surface area (Å²) in [6, 6.07) is -31.3. The lowest BCUT2D eigenvalue weighted by Gasteiger charge is -2.30. The van der Waals surface area contributed by atoms with Crippen molar-refractivity contribution in [2.45, 2.75) is 19.3 Å². The van der Waals surface area contributed by atoms with Crippen LogP contribution in [0.15, 0.2) is 198 Å². The van der Waals surface area contributed by atoms with Gasteiger partial charge in [-0.1, -0.05) is 147 Å². The molecular formula is C55H38N2O. The molecule has 0 bridgehead atoms. The third kappa shape index (κ3) is 4.68. The molecule has 0 atom stereocenters. The number of nitrogens with zero attached hydrogens (tertiary/aromatic N) is 2. The molecule has 9 aromatic carbocycles. The Hall–Kier alpha value is -7.36. The summed E-state index contributed by atoms with van der Waals surface area (Å²) < 4.78 is 304. The first-order valence-corrected chi connectivity index (χ1v) is 17.5. The topological polar surface area (TPSA) is 21.3 Å². The molecule has 0 spiro atoms. The van der Waals surface area contributed by atoms with E-state index in [1.54, 1.807) is 0 Å². The molecule has 0 unspecified atom stereocenters. The van der Waals surface area contributed by atoms with Crippen LogP contribution >= 0.6 is 0 Å². The van der Waals surface area contributed by atoms with Crippen LogP contribution in [0.25, 0.3) is 82.5 Å². The molecule has 0 saturated heterocycles. The van der Waals surface area contributed by atoms with Gasteiger partial charge in [0, 0.05) is 44.1 Å². The summed E-state index contributed by atoms with van der Waals surface area (Å²) in [6.07, 6.45) is 0. The molecule has 3 heteroatoms. The quantitative estimate of drug-likeness (QED) is 0.174. The molecule has 12 rings (SSSR count). The van der Waals surface area contributed by atoms with Crippen molar-refractivity contribution >= 4 is 71.6 Å². The second-order valence-corrected chi connectivity index (χ2v) is 13.6. The fourth-order valence-corrected chi connectivity index (χ4v) is 7.61. The number of furan rings is 1. The van der Waals surface area contributed by atoms with Crippen molar-refractivity contribution in [2.24, 2.45) is 0 Å². The number of anilines is 3. The normalized spacial score (nSPS) is 20.9. The number of fused-ring (bicyclic) bond motifs is 10. The minimum Gasteiger partial charge on any atom is -0.455 e. The van der Waals surface area contributed by atoms with Crippen molar-refractivity contribution in [3.8, 4) is 27.9 Å². The molecule has 274 valence electrons. The SMILES string of the molecule is [2H]c1c([2H])c([2H])c2c(c1[2H])-c1c(N(c3c([2H])c([2H])c([2H])c(-n4c5c([2H])c([2H])c([2H])c([2H])c5c5c([2H])c([2H])c([2H])c([2H])c54)c3[2H])c3c([2H])c([2H])c(-c4c([2H])c([2H])c5c([2H])c([2H])c([2H])c([2H])c5c4[2H])c4oc5c([2H])c([2H])c([2H])c([2H])c5c34)c([2H])c([2H])c([2H])c1C2(C)C. The lowest BCUT2D eigenvalue weighted by molar-refractivity contribution is 0.660. The van der Waals surface area contributed by atoms with Crippen LogP contribution in [0.2, 0.25) is 0 Å². The molecular weight excluding hydrogens is 705 g/mol. The number of rotatable bonds is 5. The molecule has 0 radical (unpaired) electrons. The minimum absolute atomic E-state index is 0.251. The molecule has 3 nitrogen and oxygen atoms in total. The summed E-state index contributed by atoms with van der Waals surface area (Å²) in [5.74, 6) is 0. The molecule has 2 heterocycles. The van der Waals surface area contributed by atoms with Gasteiger partial charge in [0.1, 0.15) is 11.2 Å². The maximum Gasteiger partial charge on any atom is 0.145 e. The smallest absolute Gasteiger partial charge is 0.145 e. The highest BCUT2D eigenvalue weighted by atomic mass is 16.3. The highest BCUT2D eigenvalue weighted by Gasteiger charge is 2.38. The summed E-state index contributed by atoms with van der Waals surface area (Å²) >= 11 is 0. The van der Waals surface area contributed by atoms with E-state index < -0.39 is 298 Å². The van der Waals surface area contributed by atoms with Crippen molar-refractivity contribution in [2.75, 3.05) is 4.90 Å². The minimum atomic E-state index is -1.79. The largest absolute Gasteiger partial charge is 0.455 e. The van der Waals surface area contributed by atoms with Crippen molar-refractivity contribution < 1.29 is 48.3 Å². The Morgan fingerprint density at radius 3 is 2.02 bits per heavy atom. The van der Waals surface area contributed by atoms with E-state index in [1.807, 2.05) is 0 Å². The van der Waals surface area contributed by atoms with Gasteiger partial charge in [0.05, 0.1) is 71.7 Å². The van der Waals surface area contributed by atoms with E-state index >= 15 is 0 Å². The Morgan fingerprint density at radius 1 is 0.517 bits per heavy atom. The van der Waals surface area contributed by atoms with Gasteiger partial charge >= 0.3 is 0 Å². The van der Waals surface area contributed by atoms with Gasteiger partial charge in [0.25, 0.3) is 0 Å². The van der Waals surface area contributed by atoms with Gasteiger partial charge in [-0.3, -0.25) is 0 Å². The van der Waals surface area contributed by atoms with Crippen molar-refractivity contribution in [3.63, 3.8) is 0 Å². The van der Waals surface area contributed by atoms with Gasteiger partial charge in [-0.2, -0.15) is 0 Å². The Kier molecular flexibility index (Phi) is 3.02. The van der Waals surface area contributed by atoms with Gasteiger partial charge in [-0.25, -0.2) is 0 Å². The number of hydrogen-bond acceptors (Lipinski definition) is 2. The number of para-hydroxylation sites is 3. The van der Waals surface area contributed by atoms with Gasteiger partial charge in [0.2, 0.25) is 0 Å². The highest BCUT2D eigenvalue weighted by molar-refractivity contribution is 6.18. The van der Waals surface area contributed by atoms with Crippen LogP contribution < -0.4 is 4.90 Å². The average molecular weight is 775 g/mol. The van der Waals surface area contributed by atoms with E-state index in [0.29, 0.717) is 9.47 Å². The van der Waals surface area contributed by atoms with E-state index in [2.05, 4.69) is 0 Å². The van der Waals surface area contributed by atoms with E-state index in [9.17, 15) is 24.7 Å². The van der Waals surface area contributed by atoms with Crippen molar-refractivity contribution in [1.82, 2.24) is 4.57 Å². The van der Waals surface area contributed by atoms with E-state index in [-0.39, 0.29) is 11.1 Å². The maximum absolute atomic E-state index is 10.5. The monoisotopic (exact) mass is 774 g/mol. The van der Waals surface area contributed by atoms with Gasteiger partial charge < -0.3 is 13.9 Å². The van der Waals surface area contributed by atoms with E-state index in [4.69, 9.17) is 23.6 Å². The molecule has 1 aliphatic rings. The maximum atomic E-state index is 10.5. The van der Waals surface area contributed by atoms with Crippen LogP contribution in [0.4, 0.5) is 17.1 Å². The Balaban J connectivity index is 1.41. The lowest BCUT2D eigenvalue weighted by atomic mass is 9.82. The standard InChI is InChI=1S/C55H38N2O/c1-55(2)45-23-9-5-21-43(45)52-46(55)24-14-27-49(52)57(39-18-13-17-38(34-39)56-47-25-10-6-19-41(47)42-20-7-11-26-48(42)56)50-32-31-40(37-30-29-35-15-3-4-16-36(35)33-37)54-53(50)44-22-8-12-28-51(44)58-54/h3-34H,1-2H3/i3D,4D,5D,6D,7D,8D,9D,10D,11D,12D,13D,14D,15D,16D,17D,18D,19D,20D,21D,22D,23D,24D,25D,26D,27D,28D,29D,30D,31D,32D,33D,34D. The van der Waals surface area contributed by atoms with E-state index in [1.165, 1.54) is 13.8 Å². The van der Waals surface area contributed by atoms with Crippen LogP contribution in [-0.2, 0) is 5.41 Å². The third-order valence-electron chi connectivity index (χ3n) is 10.2. The van der Waals surface area contributed by atoms with Crippen molar-refractivity contribution in [3.05, 3.63) is 204 Å². The van der Waals surface area contributed by atoms with Crippen LogP contribution in [0, 0.1) is 0 Å². The van der Waals surface area contributed by atoms with Gasteiger partial charge in [0.15, 0.2) is 0 Å². The number of hydrogen-bond donors (Lipinski definition) is 0. The molecule has 0 aliphatic heterocycles. The van der Waals surface area contributed by atoms with Crippen LogP contribution in [-0.4, -0.2) is 4.57 Å². The predicted molar refractivity (Wildman–Crippen MR) is 243 cm³/mol. The molecule has 0 saturated carbocycles. The predicted octanol–water partition coefficient (Wildman–Crippen LogP) is 15.3. The molecule has 0 N–H and O–H groups in total. The Labute approximate surface area is 381 Å². The van der Waals surface area contributed by atoms with Crippen LogP contribution in [0.1, 0.15) is 68.8 Å². The van der Waals surface area contributed by atoms with E-state index in [0.717, 1.165) is 0 Å². The van der Waals surface area contributed by atoms with Gasteiger partial charge in [-0.15, -0.1) is 0 Å². The average Bonchev–Trinajstić information content (AvgIpc) is 1.43. The Bertz CT molecular complexity index is 5240. The summed E-state index contributed by atoms with van der Waals surface area (Å²) in [7, 11) is 0. The summed E-state index contributed by atoms with van der Waals surface area (Å²) in [5, 5.41) is -4.04. The van der Waals surface area contributed by atoms with Gasteiger partial charge in [-0.05, 0) is 93.5 Å². The fourth-order valence-electron chi connectivity index (χ4n) is 7.61. The molecule has 11 aromatic rings. The Morgan fingerprint density at radius 2 is 1.19 bits per heavy atom.